The summed E-state index contributed by atoms with van der Waals surface area (Å²) in [7, 11) is 1.48. The molecule has 0 radical (unpaired) electrons. The predicted octanol–water partition coefficient (Wildman–Crippen LogP) is 3.21. The van der Waals surface area contributed by atoms with Crippen LogP contribution in [0.25, 0.3) is 17.0 Å². The average Bonchev–Trinajstić information content (AvgIpc) is 2.89. The third kappa shape index (κ3) is 2.03. The molecule has 0 spiro atoms. The number of fused-ring (bicyclic) bond motifs is 1. The Morgan fingerprint density at radius 2 is 2.00 bits per heavy atom. The summed E-state index contributed by atoms with van der Waals surface area (Å²) >= 11 is 6.09. The van der Waals surface area contributed by atoms with Gasteiger partial charge in [-0.25, -0.2) is 9.37 Å². The molecule has 0 saturated carbocycles. The first-order valence-corrected chi connectivity index (χ1v) is 6.63. The topological polar surface area (TPSA) is 52.3 Å². The first-order chi connectivity index (χ1) is 10.0. The Hall–Kier alpha value is -2.21. The molecule has 0 unspecified atom stereocenters. The molecule has 0 fully saturated rings. The molecule has 0 aliphatic rings. The first-order valence-electron chi connectivity index (χ1n) is 6.25. The number of rotatable bonds is 2. The summed E-state index contributed by atoms with van der Waals surface area (Å²) in [6, 6.07) is 4.60. The molecule has 0 saturated heterocycles. The molecule has 21 heavy (non-hydrogen) atoms. The van der Waals surface area contributed by atoms with Crippen LogP contribution in [0.1, 0.15) is 11.4 Å². The Kier molecular flexibility index (Phi) is 3.25. The number of aromatic nitrogens is 4. The van der Waals surface area contributed by atoms with E-state index in [1.807, 2.05) is 13.8 Å². The quantitative estimate of drug-likeness (QED) is 0.729. The van der Waals surface area contributed by atoms with Gasteiger partial charge in [-0.2, -0.15) is 0 Å². The lowest BCUT2D eigenvalue weighted by Crippen LogP contribution is -2.02. The Labute approximate surface area is 125 Å². The molecule has 2 aromatic heterocycles. The van der Waals surface area contributed by atoms with Gasteiger partial charge in [0.25, 0.3) is 0 Å². The van der Waals surface area contributed by atoms with E-state index in [4.69, 9.17) is 16.3 Å². The largest absolute Gasteiger partial charge is 0.496 e. The Morgan fingerprint density at radius 1 is 1.24 bits per heavy atom. The number of aryl methyl sites for hydroxylation is 2. The van der Waals surface area contributed by atoms with Gasteiger partial charge in [0.15, 0.2) is 16.6 Å². The number of hydrogen-bond donors (Lipinski definition) is 0. The standard InChI is InChI=1S/C14H12ClFN4O/c1-7-8(2)20-13(18-19-14(20)12(15)17-7)11-9(16)5-4-6-10(11)21-3/h4-6H,1-3H3. The van der Waals surface area contributed by atoms with Gasteiger partial charge >= 0.3 is 0 Å². The highest BCUT2D eigenvalue weighted by Crippen LogP contribution is 2.33. The monoisotopic (exact) mass is 306 g/mol. The highest BCUT2D eigenvalue weighted by Gasteiger charge is 2.21. The highest BCUT2D eigenvalue weighted by atomic mass is 35.5. The van der Waals surface area contributed by atoms with Crippen molar-refractivity contribution in [1.29, 1.82) is 0 Å². The maximum atomic E-state index is 14.3. The van der Waals surface area contributed by atoms with E-state index in [1.165, 1.54) is 13.2 Å². The molecule has 0 aliphatic carbocycles. The van der Waals surface area contributed by atoms with Crippen molar-refractivity contribution in [3.8, 4) is 17.1 Å². The number of methoxy groups -OCH3 is 1. The maximum absolute atomic E-state index is 14.3. The molecule has 5 nitrogen and oxygen atoms in total. The Morgan fingerprint density at radius 3 is 2.71 bits per heavy atom. The van der Waals surface area contributed by atoms with Gasteiger partial charge in [-0.05, 0) is 26.0 Å². The second-order valence-corrected chi connectivity index (χ2v) is 4.93. The second kappa shape index (κ2) is 4.96. The molecular formula is C14H12ClFN4O. The van der Waals surface area contributed by atoms with Crippen LogP contribution in [0.4, 0.5) is 4.39 Å². The molecule has 108 valence electrons. The van der Waals surface area contributed by atoms with Crippen LogP contribution in [0, 0.1) is 19.7 Å². The van der Waals surface area contributed by atoms with Crippen LogP contribution in [-0.2, 0) is 0 Å². The zero-order valence-electron chi connectivity index (χ0n) is 11.7. The number of ether oxygens (including phenoxy) is 1. The van der Waals surface area contributed by atoms with E-state index in [-0.39, 0.29) is 10.7 Å². The lowest BCUT2D eigenvalue weighted by molar-refractivity contribution is 0.413. The molecule has 0 bridgehead atoms. The summed E-state index contributed by atoms with van der Waals surface area (Å²) in [5.41, 5.74) is 2.15. The van der Waals surface area contributed by atoms with Gasteiger partial charge in [0, 0.05) is 5.69 Å². The first kappa shape index (κ1) is 13.8. The van der Waals surface area contributed by atoms with Crippen molar-refractivity contribution in [3.63, 3.8) is 0 Å². The fraction of sp³-hybridized carbons (Fsp3) is 0.214. The summed E-state index contributed by atoms with van der Waals surface area (Å²) < 4.78 is 21.2. The highest BCUT2D eigenvalue weighted by molar-refractivity contribution is 6.32. The van der Waals surface area contributed by atoms with Crippen LogP contribution in [0.5, 0.6) is 5.75 Å². The van der Waals surface area contributed by atoms with Crippen LogP contribution < -0.4 is 4.74 Å². The smallest absolute Gasteiger partial charge is 0.199 e. The normalized spacial score (nSPS) is 11.1. The predicted molar refractivity (Wildman–Crippen MR) is 77.2 cm³/mol. The van der Waals surface area contributed by atoms with Gasteiger partial charge in [0.05, 0.1) is 18.4 Å². The van der Waals surface area contributed by atoms with E-state index in [1.54, 1.807) is 16.5 Å². The van der Waals surface area contributed by atoms with Gasteiger partial charge in [-0.3, -0.25) is 4.40 Å². The van der Waals surface area contributed by atoms with Crippen LogP contribution >= 0.6 is 11.6 Å². The molecule has 2 heterocycles. The third-order valence-electron chi connectivity index (χ3n) is 3.39. The van der Waals surface area contributed by atoms with E-state index in [0.29, 0.717) is 17.2 Å². The van der Waals surface area contributed by atoms with E-state index in [0.717, 1.165) is 11.4 Å². The maximum Gasteiger partial charge on any atom is 0.199 e. The molecule has 3 rings (SSSR count). The summed E-state index contributed by atoms with van der Waals surface area (Å²) in [4.78, 5) is 4.19. The SMILES string of the molecule is COc1cccc(F)c1-c1nnc2c(Cl)nc(C)c(C)n12. The second-order valence-electron chi connectivity index (χ2n) is 4.57. The molecule has 7 heteroatoms. The van der Waals surface area contributed by atoms with Gasteiger partial charge in [-0.1, -0.05) is 17.7 Å². The zero-order chi connectivity index (χ0) is 15.1. The van der Waals surface area contributed by atoms with E-state index < -0.39 is 5.82 Å². The van der Waals surface area contributed by atoms with Crippen molar-refractivity contribution in [3.05, 3.63) is 40.6 Å². The summed E-state index contributed by atoms with van der Waals surface area (Å²) in [5, 5.41) is 8.30. The van der Waals surface area contributed by atoms with Crippen LogP contribution in [0.3, 0.4) is 0 Å². The van der Waals surface area contributed by atoms with Gasteiger partial charge < -0.3 is 4.74 Å². The summed E-state index contributed by atoms with van der Waals surface area (Å²) in [5.74, 6) is 0.285. The van der Waals surface area contributed by atoms with Crippen molar-refractivity contribution in [2.24, 2.45) is 0 Å². The summed E-state index contributed by atoms with van der Waals surface area (Å²) in [6.45, 7) is 3.68. The number of benzene rings is 1. The minimum Gasteiger partial charge on any atom is -0.496 e. The minimum atomic E-state index is -0.436. The van der Waals surface area contributed by atoms with E-state index in [2.05, 4.69) is 15.2 Å². The van der Waals surface area contributed by atoms with Crippen molar-refractivity contribution < 1.29 is 9.13 Å². The molecular weight excluding hydrogens is 295 g/mol. The van der Waals surface area contributed by atoms with Crippen LogP contribution in [-0.4, -0.2) is 26.7 Å². The van der Waals surface area contributed by atoms with Gasteiger partial charge in [-0.15, -0.1) is 10.2 Å². The summed E-state index contributed by atoms with van der Waals surface area (Å²) in [6.07, 6.45) is 0. The van der Waals surface area contributed by atoms with Crippen molar-refractivity contribution >= 4 is 17.2 Å². The molecule has 0 amide bonds. The lowest BCUT2D eigenvalue weighted by atomic mass is 10.1. The molecule has 0 atom stereocenters. The lowest BCUT2D eigenvalue weighted by Gasteiger charge is -2.10. The Bertz CT molecular complexity index is 847. The zero-order valence-corrected chi connectivity index (χ0v) is 12.4. The van der Waals surface area contributed by atoms with Crippen molar-refractivity contribution in [1.82, 2.24) is 19.6 Å². The van der Waals surface area contributed by atoms with E-state index >= 15 is 0 Å². The number of hydrogen-bond acceptors (Lipinski definition) is 4. The van der Waals surface area contributed by atoms with Crippen LogP contribution in [0.2, 0.25) is 5.15 Å². The van der Waals surface area contributed by atoms with Crippen LogP contribution in [0.15, 0.2) is 18.2 Å². The fourth-order valence-electron chi connectivity index (χ4n) is 2.23. The molecule has 0 N–H and O–H groups in total. The van der Waals surface area contributed by atoms with Crippen molar-refractivity contribution in [2.75, 3.05) is 7.11 Å². The van der Waals surface area contributed by atoms with Gasteiger partial charge in [0.2, 0.25) is 0 Å². The minimum absolute atomic E-state index is 0.229. The van der Waals surface area contributed by atoms with Crippen molar-refractivity contribution in [2.45, 2.75) is 13.8 Å². The van der Waals surface area contributed by atoms with E-state index in [9.17, 15) is 4.39 Å². The molecule has 1 aromatic carbocycles. The Balaban J connectivity index is 2.43. The number of nitrogens with zero attached hydrogens (tertiary/aromatic N) is 4. The third-order valence-corrected chi connectivity index (χ3v) is 3.64. The fourth-order valence-corrected chi connectivity index (χ4v) is 2.48. The average molecular weight is 307 g/mol. The number of halogens is 2. The molecule has 3 aromatic rings. The molecule has 0 aliphatic heterocycles. The van der Waals surface area contributed by atoms with Gasteiger partial charge in [0.1, 0.15) is 11.6 Å².